The summed E-state index contributed by atoms with van der Waals surface area (Å²) >= 11 is 0. The zero-order chi connectivity index (χ0) is 33.2. The number of nitrogens with zero attached hydrogens (tertiary/aromatic N) is 3. The number of rotatable bonds is 8. The van der Waals surface area contributed by atoms with Gasteiger partial charge in [-0.3, -0.25) is 9.59 Å². The van der Waals surface area contributed by atoms with E-state index < -0.39 is 17.1 Å². The third-order valence-electron chi connectivity index (χ3n) is 8.09. The van der Waals surface area contributed by atoms with E-state index in [1.165, 1.54) is 9.80 Å². The van der Waals surface area contributed by atoms with Gasteiger partial charge < -0.3 is 30.5 Å². The lowest BCUT2D eigenvalue weighted by atomic mass is 9.79. The minimum Gasteiger partial charge on any atom is -0.444 e. The molecule has 3 N–H and O–H groups in total. The maximum Gasteiger partial charge on any atom is 0.410 e. The average molecular weight is 627 g/mol. The van der Waals surface area contributed by atoms with E-state index in [0.29, 0.717) is 24.3 Å². The molecule has 1 unspecified atom stereocenters. The lowest BCUT2D eigenvalue weighted by Crippen LogP contribution is -2.46. The van der Waals surface area contributed by atoms with E-state index in [4.69, 9.17) is 4.74 Å². The fourth-order valence-corrected chi connectivity index (χ4v) is 5.99. The number of hydrogen-bond donors (Lipinski definition) is 3. The molecule has 0 saturated carbocycles. The molecule has 11 heteroatoms. The molecule has 1 aliphatic carbocycles. The molecule has 1 atom stereocenters. The number of hydrogen-bond acceptors (Lipinski definition) is 6. The quantitative estimate of drug-likeness (QED) is 0.323. The van der Waals surface area contributed by atoms with Gasteiger partial charge in [-0.2, -0.15) is 0 Å². The van der Waals surface area contributed by atoms with Crippen LogP contribution in [0.2, 0.25) is 0 Å². The first-order valence-corrected chi connectivity index (χ1v) is 15.5. The zero-order valence-electron chi connectivity index (χ0n) is 27.3. The predicted octanol–water partition coefficient (Wildman–Crippen LogP) is 5.00. The van der Waals surface area contributed by atoms with Crippen LogP contribution in [0.1, 0.15) is 62.4 Å². The van der Waals surface area contributed by atoms with Crippen LogP contribution in [0.5, 0.6) is 0 Å². The van der Waals surface area contributed by atoms with Gasteiger partial charge in [0.05, 0.1) is 5.41 Å². The molecule has 2 aliphatic rings. The van der Waals surface area contributed by atoms with Gasteiger partial charge in [0.25, 0.3) is 0 Å². The van der Waals surface area contributed by atoms with Gasteiger partial charge in [0.1, 0.15) is 18.0 Å². The van der Waals surface area contributed by atoms with E-state index in [1.807, 2.05) is 89.2 Å². The largest absolute Gasteiger partial charge is 0.444 e. The van der Waals surface area contributed by atoms with Crippen molar-refractivity contribution >= 4 is 35.4 Å². The number of ether oxygens (including phenoxy) is 1. The first-order chi connectivity index (χ1) is 21.7. The van der Waals surface area contributed by atoms with Crippen molar-refractivity contribution in [3.05, 3.63) is 88.6 Å². The van der Waals surface area contributed by atoms with Gasteiger partial charge in [-0.15, -0.1) is 0 Å². The lowest BCUT2D eigenvalue weighted by Gasteiger charge is -2.27. The summed E-state index contributed by atoms with van der Waals surface area (Å²) in [5, 5.41) is 8.75. The molecular formula is C35H42N6O5. The summed E-state index contributed by atoms with van der Waals surface area (Å²) in [7, 11) is 1.66. The zero-order valence-corrected chi connectivity index (χ0v) is 27.3. The summed E-state index contributed by atoms with van der Waals surface area (Å²) < 4.78 is 5.50. The standard InChI is InChI=1S/C35H42N6O5/c1-22(2)37-32(44)41(20-25-11-8-7-10-24(25)19-40(6)33(45)46-34(3,4)5)21-29(42)38-27-14-13-23-17-35(18-26(23)16-27)28-12-9-15-36-30(28)39-31(35)43/h7-16,22H,17-21H2,1-6H3,(H,37,44)(H,38,42)(H,36,39,43). The van der Waals surface area contributed by atoms with E-state index in [0.717, 1.165) is 27.8 Å². The van der Waals surface area contributed by atoms with Crippen molar-refractivity contribution in [2.75, 3.05) is 24.2 Å². The monoisotopic (exact) mass is 626 g/mol. The molecule has 5 amide bonds. The van der Waals surface area contributed by atoms with Crippen molar-refractivity contribution in [3.63, 3.8) is 0 Å². The molecule has 11 nitrogen and oxygen atoms in total. The minimum atomic E-state index is -0.703. The summed E-state index contributed by atoms with van der Waals surface area (Å²) in [6, 6.07) is 16.5. The summed E-state index contributed by atoms with van der Waals surface area (Å²) in [5.41, 5.74) is 3.83. The number of carbonyl (C=O) groups excluding carboxylic acids is 4. The number of pyridine rings is 1. The Morgan fingerprint density at radius 3 is 2.39 bits per heavy atom. The normalized spacial score (nSPS) is 16.5. The fourth-order valence-electron chi connectivity index (χ4n) is 5.99. The number of nitrogens with one attached hydrogen (secondary N) is 3. The smallest absolute Gasteiger partial charge is 0.410 e. The van der Waals surface area contributed by atoms with Crippen molar-refractivity contribution in [1.29, 1.82) is 0 Å². The van der Waals surface area contributed by atoms with Crippen molar-refractivity contribution in [1.82, 2.24) is 20.1 Å². The third kappa shape index (κ3) is 7.14. The number of carbonyl (C=O) groups is 4. The van der Waals surface area contributed by atoms with Gasteiger partial charge in [-0.05, 0) is 87.9 Å². The number of anilines is 2. The predicted molar refractivity (Wildman–Crippen MR) is 175 cm³/mol. The SMILES string of the molecule is CC(C)NC(=O)N(CC(=O)Nc1ccc2c(c1)CC1(C2)C(=O)Nc2ncccc21)Cc1ccccc1CN(C)C(=O)OC(C)(C)C. The highest BCUT2D eigenvalue weighted by Crippen LogP contribution is 2.46. The van der Waals surface area contributed by atoms with E-state index >= 15 is 0 Å². The molecule has 2 aromatic carbocycles. The Kier molecular flexibility index (Phi) is 9.05. The van der Waals surface area contributed by atoms with Crippen molar-refractivity contribution in [3.8, 4) is 0 Å². The number of urea groups is 1. The number of benzene rings is 2. The maximum atomic E-state index is 13.4. The Labute approximate surface area is 269 Å². The highest BCUT2D eigenvalue weighted by molar-refractivity contribution is 6.06. The van der Waals surface area contributed by atoms with Crippen LogP contribution in [-0.2, 0) is 45.7 Å². The van der Waals surface area contributed by atoms with Gasteiger partial charge in [0.15, 0.2) is 0 Å². The Balaban J connectivity index is 1.29. The fraction of sp³-hybridized carbons (Fsp3) is 0.400. The molecule has 0 bridgehead atoms. The second-order valence-electron chi connectivity index (χ2n) is 13.4. The van der Waals surface area contributed by atoms with Gasteiger partial charge >= 0.3 is 12.1 Å². The molecule has 0 fully saturated rings. The van der Waals surface area contributed by atoms with E-state index in [2.05, 4.69) is 20.9 Å². The highest BCUT2D eigenvalue weighted by Gasteiger charge is 2.51. The maximum absolute atomic E-state index is 13.4. The van der Waals surface area contributed by atoms with Crippen LogP contribution in [0.25, 0.3) is 0 Å². The minimum absolute atomic E-state index is 0.0626. The lowest BCUT2D eigenvalue weighted by molar-refractivity contribution is -0.120. The van der Waals surface area contributed by atoms with E-state index in [9.17, 15) is 19.2 Å². The van der Waals surface area contributed by atoms with Crippen LogP contribution >= 0.6 is 0 Å². The molecule has 0 radical (unpaired) electrons. The van der Waals surface area contributed by atoms with Crippen LogP contribution in [-0.4, -0.2) is 64.0 Å². The van der Waals surface area contributed by atoms with Crippen LogP contribution in [0.4, 0.5) is 21.1 Å². The molecule has 242 valence electrons. The Bertz CT molecular complexity index is 1670. The molecule has 46 heavy (non-hydrogen) atoms. The van der Waals surface area contributed by atoms with Crippen LogP contribution in [0, 0.1) is 0 Å². The van der Waals surface area contributed by atoms with E-state index in [1.54, 1.807) is 13.2 Å². The molecule has 1 spiro atoms. The number of aromatic nitrogens is 1. The highest BCUT2D eigenvalue weighted by atomic mass is 16.6. The number of fused-ring (bicyclic) bond motifs is 3. The molecule has 0 saturated heterocycles. The van der Waals surface area contributed by atoms with Crippen LogP contribution in [0.3, 0.4) is 0 Å². The Hall–Kier alpha value is -4.93. The Morgan fingerprint density at radius 2 is 1.70 bits per heavy atom. The second-order valence-corrected chi connectivity index (χ2v) is 13.4. The van der Waals surface area contributed by atoms with E-state index in [-0.39, 0.29) is 43.5 Å². The topological polar surface area (TPSA) is 133 Å². The van der Waals surface area contributed by atoms with Crippen molar-refractivity contribution in [2.24, 2.45) is 0 Å². The molecule has 1 aliphatic heterocycles. The molecule has 5 rings (SSSR count). The molecule has 3 aromatic rings. The van der Waals surface area contributed by atoms with Crippen molar-refractivity contribution in [2.45, 2.75) is 77.6 Å². The average Bonchev–Trinajstić information content (AvgIpc) is 3.49. The van der Waals surface area contributed by atoms with Crippen LogP contribution < -0.4 is 16.0 Å². The summed E-state index contributed by atoms with van der Waals surface area (Å²) in [4.78, 5) is 59.6. The van der Waals surface area contributed by atoms with Gasteiger partial charge in [-0.25, -0.2) is 14.6 Å². The molecule has 2 heterocycles. The van der Waals surface area contributed by atoms with Gasteiger partial charge in [0.2, 0.25) is 11.8 Å². The summed E-state index contributed by atoms with van der Waals surface area (Å²) in [5.74, 6) is 0.182. The van der Waals surface area contributed by atoms with Gasteiger partial charge in [-0.1, -0.05) is 36.4 Å². The summed E-state index contributed by atoms with van der Waals surface area (Å²) in [6.07, 6.45) is 2.28. The Morgan fingerprint density at radius 1 is 1.00 bits per heavy atom. The first-order valence-electron chi connectivity index (χ1n) is 15.5. The molecule has 1 aromatic heterocycles. The van der Waals surface area contributed by atoms with Gasteiger partial charge in [0, 0.05) is 43.6 Å². The number of amides is 5. The van der Waals surface area contributed by atoms with Crippen molar-refractivity contribution < 1.29 is 23.9 Å². The molecular weight excluding hydrogens is 584 g/mol. The first kappa shape index (κ1) is 32.5. The second kappa shape index (κ2) is 12.8. The summed E-state index contributed by atoms with van der Waals surface area (Å²) in [6.45, 7) is 9.38. The third-order valence-corrected chi connectivity index (χ3v) is 8.09. The van der Waals surface area contributed by atoms with Crippen LogP contribution in [0.15, 0.2) is 60.8 Å².